The lowest BCUT2D eigenvalue weighted by Gasteiger charge is -2.50. The number of alkyl halides is 3. The molecule has 1 saturated heterocycles. The van der Waals surface area contributed by atoms with E-state index in [-0.39, 0.29) is 30.2 Å². The number of halogens is 4. The van der Waals surface area contributed by atoms with E-state index in [1.165, 1.54) is 24.3 Å². The van der Waals surface area contributed by atoms with Gasteiger partial charge in [-0.2, -0.15) is 13.2 Å². The molecule has 0 radical (unpaired) electrons. The smallest absolute Gasteiger partial charge is 0.368 e. The van der Waals surface area contributed by atoms with Gasteiger partial charge < -0.3 is 15.1 Å². The fourth-order valence-corrected chi connectivity index (χ4v) is 4.64. The summed E-state index contributed by atoms with van der Waals surface area (Å²) in [6, 6.07) is 9.85. The number of nitrogens with one attached hydrogen (secondary N) is 1. The number of hydrogen-bond donors (Lipinski definition) is 1. The van der Waals surface area contributed by atoms with Crippen molar-refractivity contribution in [1.82, 2.24) is 5.32 Å². The van der Waals surface area contributed by atoms with E-state index in [0.717, 1.165) is 23.9 Å². The van der Waals surface area contributed by atoms with Crippen molar-refractivity contribution in [3.63, 3.8) is 0 Å². The molecule has 2 aromatic carbocycles. The Morgan fingerprint density at radius 3 is 2.53 bits per heavy atom. The van der Waals surface area contributed by atoms with Crippen molar-refractivity contribution in [2.45, 2.75) is 44.9 Å². The van der Waals surface area contributed by atoms with Crippen molar-refractivity contribution in [3.05, 3.63) is 59.4 Å². The third kappa shape index (κ3) is 4.40. The van der Waals surface area contributed by atoms with Crippen molar-refractivity contribution in [2.75, 3.05) is 29.4 Å². The Bertz CT molecular complexity index is 976. The first-order valence-corrected chi connectivity index (χ1v) is 10.9. The summed E-state index contributed by atoms with van der Waals surface area (Å²) in [4.78, 5) is 17.4. The first kappa shape index (κ1) is 22.4. The molecule has 0 spiro atoms. The lowest BCUT2D eigenvalue weighted by Crippen LogP contribution is -2.61. The molecule has 32 heavy (non-hydrogen) atoms. The first-order chi connectivity index (χ1) is 15.2. The molecular formula is C24H27F4N3O. The standard InChI is InChI=1S/C24H27F4N3O/c1-3-15(2)29-23(32)20-13-16-12-17(24(26,27)28)4-9-21(16)31-11-10-30(14-22(20)31)19-7-5-18(25)6-8-19/h4-9,12,15,20,22H,3,10-11,13-14H2,1-2H3,(H,29,32)/t15-,20-,22-/m0/s1. The first-order valence-electron chi connectivity index (χ1n) is 10.9. The maximum atomic E-state index is 13.4. The van der Waals surface area contributed by atoms with Crippen LogP contribution in [0.25, 0.3) is 0 Å². The van der Waals surface area contributed by atoms with Crippen LogP contribution in [0.15, 0.2) is 42.5 Å². The zero-order chi connectivity index (χ0) is 23.0. The summed E-state index contributed by atoms with van der Waals surface area (Å²) >= 11 is 0. The Morgan fingerprint density at radius 2 is 1.88 bits per heavy atom. The van der Waals surface area contributed by atoms with Crippen LogP contribution in [0.3, 0.4) is 0 Å². The number of fused-ring (bicyclic) bond motifs is 3. The minimum atomic E-state index is -4.43. The van der Waals surface area contributed by atoms with Gasteiger partial charge >= 0.3 is 6.18 Å². The molecule has 2 aliphatic heterocycles. The molecule has 1 fully saturated rings. The van der Waals surface area contributed by atoms with E-state index < -0.39 is 17.7 Å². The highest BCUT2D eigenvalue weighted by Crippen LogP contribution is 2.40. The number of piperazine rings is 1. The number of carbonyl (C=O) groups excluding carboxylic acids is 1. The lowest BCUT2D eigenvalue weighted by molar-refractivity contribution is -0.137. The minimum absolute atomic E-state index is 0.0179. The van der Waals surface area contributed by atoms with Crippen molar-refractivity contribution in [1.29, 1.82) is 0 Å². The average molecular weight is 449 g/mol. The van der Waals surface area contributed by atoms with Crippen molar-refractivity contribution < 1.29 is 22.4 Å². The van der Waals surface area contributed by atoms with Gasteiger partial charge in [-0.3, -0.25) is 4.79 Å². The topological polar surface area (TPSA) is 35.6 Å². The summed E-state index contributed by atoms with van der Waals surface area (Å²) < 4.78 is 53.3. The van der Waals surface area contributed by atoms with E-state index in [2.05, 4.69) is 15.1 Å². The highest BCUT2D eigenvalue weighted by atomic mass is 19.4. The van der Waals surface area contributed by atoms with Gasteiger partial charge in [0, 0.05) is 37.1 Å². The van der Waals surface area contributed by atoms with Crippen molar-refractivity contribution in [2.24, 2.45) is 5.92 Å². The zero-order valence-electron chi connectivity index (χ0n) is 18.1. The summed E-state index contributed by atoms with van der Waals surface area (Å²) in [7, 11) is 0. The van der Waals surface area contributed by atoms with E-state index in [0.29, 0.717) is 25.2 Å². The third-order valence-corrected chi connectivity index (χ3v) is 6.57. The molecule has 8 heteroatoms. The van der Waals surface area contributed by atoms with Gasteiger partial charge in [0.15, 0.2) is 0 Å². The second-order valence-corrected chi connectivity index (χ2v) is 8.65. The molecule has 4 nitrogen and oxygen atoms in total. The second kappa shape index (κ2) is 8.64. The van der Waals surface area contributed by atoms with Gasteiger partial charge in [0.1, 0.15) is 5.82 Å². The van der Waals surface area contributed by atoms with Crippen LogP contribution in [-0.4, -0.2) is 37.6 Å². The Balaban J connectivity index is 1.67. The van der Waals surface area contributed by atoms with Crippen LogP contribution in [-0.2, 0) is 17.4 Å². The summed E-state index contributed by atoms with van der Waals surface area (Å²) in [5.41, 5.74) is 1.48. The average Bonchev–Trinajstić information content (AvgIpc) is 2.77. The molecule has 0 bridgehead atoms. The lowest BCUT2D eigenvalue weighted by atomic mass is 9.82. The molecule has 2 heterocycles. The summed E-state index contributed by atoms with van der Waals surface area (Å²) in [6.45, 7) is 5.61. The number of carbonyl (C=O) groups is 1. The number of rotatable bonds is 4. The molecule has 1 amide bonds. The summed E-state index contributed by atoms with van der Waals surface area (Å²) in [5.74, 6) is -0.938. The number of anilines is 2. The molecular weight excluding hydrogens is 422 g/mol. The van der Waals surface area contributed by atoms with Gasteiger partial charge in [-0.1, -0.05) is 6.92 Å². The number of benzene rings is 2. The van der Waals surface area contributed by atoms with Crippen LogP contribution >= 0.6 is 0 Å². The van der Waals surface area contributed by atoms with Gasteiger partial charge in [0.25, 0.3) is 0 Å². The van der Waals surface area contributed by atoms with Gasteiger partial charge in [0.05, 0.1) is 17.5 Å². The van der Waals surface area contributed by atoms with Crippen molar-refractivity contribution in [3.8, 4) is 0 Å². The van der Waals surface area contributed by atoms with E-state index >= 15 is 0 Å². The molecule has 0 saturated carbocycles. The minimum Gasteiger partial charge on any atom is -0.368 e. The van der Waals surface area contributed by atoms with Crippen LogP contribution in [0.1, 0.15) is 31.4 Å². The molecule has 4 rings (SSSR count). The fourth-order valence-electron chi connectivity index (χ4n) is 4.64. The molecule has 2 aliphatic rings. The molecule has 3 atom stereocenters. The van der Waals surface area contributed by atoms with Crippen LogP contribution in [0.2, 0.25) is 0 Å². The summed E-state index contributed by atoms with van der Waals surface area (Å²) in [6.07, 6.45) is -3.41. The highest BCUT2D eigenvalue weighted by molar-refractivity contribution is 5.82. The van der Waals surface area contributed by atoms with E-state index in [4.69, 9.17) is 0 Å². The normalized spacial score (nSPS) is 21.6. The predicted octanol–water partition coefficient (Wildman–Crippen LogP) is 4.63. The van der Waals surface area contributed by atoms with Gasteiger partial charge in [-0.25, -0.2) is 4.39 Å². The van der Waals surface area contributed by atoms with Gasteiger partial charge in [0.2, 0.25) is 5.91 Å². The van der Waals surface area contributed by atoms with Crippen LogP contribution in [0, 0.1) is 11.7 Å². The number of nitrogens with zero attached hydrogens (tertiary/aromatic N) is 2. The summed E-state index contributed by atoms with van der Waals surface area (Å²) in [5, 5.41) is 3.01. The van der Waals surface area contributed by atoms with E-state index in [1.54, 1.807) is 12.1 Å². The van der Waals surface area contributed by atoms with E-state index in [1.807, 2.05) is 13.8 Å². The molecule has 0 aromatic heterocycles. The Labute approximate surface area is 185 Å². The van der Waals surface area contributed by atoms with Crippen molar-refractivity contribution >= 4 is 17.3 Å². The Hall–Kier alpha value is -2.77. The van der Waals surface area contributed by atoms with Crippen LogP contribution in [0.5, 0.6) is 0 Å². The Kier molecular flexibility index (Phi) is 6.05. The largest absolute Gasteiger partial charge is 0.416 e. The van der Waals surface area contributed by atoms with Gasteiger partial charge in [-0.05, 0) is 67.8 Å². The van der Waals surface area contributed by atoms with Crippen LogP contribution < -0.4 is 15.1 Å². The van der Waals surface area contributed by atoms with Gasteiger partial charge in [-0.15, -0.1) is 0 Å². The Morgan fingerprint density at radius 1 is 1.16 bits per heavy atom. The fraction of sp³-hybridized carbons (Fsp3) is 0.458. The quantitative estimate of drug-likeness (QED) is 0.692. The molecule has 0 aliphatic carbocycles. The number of amides is 1. The zero-order valence-corrected chi connectivity index (χ0v) is 18.1. The predicted molar refractivity (Wildman–Crippen MR) is 116 cm³/mol. The molecule has 172 valence electrons. The van der Waals surface area contributed by atoms with E-state index in [9.17, 15) is 22.4 Å². The molecule has 1 N–H and O–H groups in total. The second-order valence-electron chi connectivity index (χ2n) is 8.65. The van der Waals surface area contributed by atoms with Crippen LogP contribution in [0.4, 0.5) is 28.9 Å². The maximum Gasteiger partial charge on any atom is 0.416 e. The third-order valence-electron chi connectivity index (χ3n) is 6.57. The number of hydrogen-bond acceptors (Lipinski definition) is 3. The molecule has 2 aromatic rings. The SMILES string of the molecule is CC[C@H](C)NC(=O)[C@H]1Cc2cc(C(F)(F)F)ccc2N2CCN(c3ccc(F)cc3)C[C@@H]12. The molecule has 0 unspecified atom stereocenters. The highest BCUT2D eigenvalue weighted by Gasteiger charge is 2.43. The monoisotopic (exact) mass is 449 g/mol. The maximum absolute atomic E-state index is 13.4.